The van der Waals surface area contributed by atoms with Gasteiger partial charge in [0.1, 0.15) is 0 Å². The van der Waals surface area contributed by atoms with Crippen molar-refractivity contribution in [2.45, 2.75) is 12.7 Å². The van der Waals surface area contributed by atoms with Crippen molar-refractivity contribution in [3.8, 4) is 22.8 Å². The molecule has 3 aromatic rings. The number of nitrogens with two attached hydrogens (primary N) is 1. The predicted octanol–water partition coefficient (Wildman–Crippen LogP) is 3.88. The normalized spacial score (nSPS) is 11.7. The first kappa shape index (κ1) is 15.2. The van der Waals surface area contributed by atoms with E-state index in [2.05, 4.69) is 10.1 Å². The molecule has 0 fully saturated rings. The van der Waals surface area contributed by atoms with Crippen LogP contribution < -0.4 is 5.73 Å². The van der Waals surface area contributed by atoms with Gasteiger partial charge in [0, 0.05) is 17.7 Å². The summed E-state index contributed by atoms with van der Waals surface area (Å²) in [5.74, 6) is 0.343. The van der Waals surface area contributed by atoms with Crippen LogP contribution in [0, 0.1) is 0 Å². The zero-order valence-corrected chi connectivity index (χ0v) is 11.8. The zero-order chi connectivity index (χ0) is 16.4. The third kappa shape index (κ3) is 3.24. The molecular formula is C16H12F3N3O. The molecule has 0 aliphatic heterocycles. The van der Waals surface area contributed by atoms with E-state index in [-0.39, 0.29) is 17.3 Å². The molecule has 118 valence electrons. The minimum absolute atomic E-state index is 0.106. The molecule has 1 aromatic heterocycles. The Morgan fingerprint density at radius 2 is 1.74 bits per heavy atom. The molecule has 3 rings (SSSR count). The standard InChI is InChI=1S/C16H12F3N3O/c17-16(18,19)13-3-1-2-12(8-13)14-21-15(23-22-14)11-6-4-10(9-20)5-7-11/h1-8H,9,20H2. The molecule has 23 heavy (non-hydrogen) atoms. The van der Waals surface area contributed by atoms with Crippen molar-refractivity contribution < 1.29 is 17.7 Å². The van der Waals surface area contributed by atoms with Crippen LogP contribution in [0.1, 0.15) is 11.1 Å². The second kappa shape index (κ2) is 5.85. The van der Waals surface area contributed by atoms with Crippen molar-refractivity contribution >= 4 is 0 Å². The molecule has 2 aromatic carbocycles. The third-order valence-electron chi connectivity index (χ3n) is 3.31. The van der Waals surface area contributed by atoms with Gasteiger partial charge in [0.25, 0.3) is 5.89 Å². The number of nitrogens with zero attached hydrogens (tertiary/aromatic N) is 2. The first-order chi connectivity index (χ1) is 11.0. The summed E-state index contributed by atoms with van der Waals surface area (Å²) >= 11 is 0. The van der Waals surface area contributed by atoms with E-state index >= 15 is 0 Å². The number of halogens is 3. The van der Waals surface area contributed by atoms with Gasteiger partial charge >= 0.3 is 6.18 Å². The molecular weight excluding hydrogens is 307 g/mol. The Hall–Kier alpha value is -2.67. The Bertz CT molecular complexity index is 810. The second-order valence-corrected chi connectivity index (χ2v) is 4.90. The number of aromatic nitrogens is 2. The fourth-order valence-corrected chi connectivity index (χ4v) is 2.08. The number of hydrogen-bond acceptors (Lipinski definition) is 4. The van der Waals surface area contributed by atoms with E-state index in [0.717, 1.165) is 17.7 Å². The van der Waals surface area contributed by atoms with Gasteiger partial charge in [0.2, 0.25) is 5.82 Å². The van der Waals surface area contributed by atoms with E-state index in [1.807, 2.05) is 12.1 Å². The van der Waals surface area contributed by atoms with Gasteiger partial charge < -0.3 is 10.3 Å². The lowest BCUT2D eigenvalue weighted by Crippen LogP contribution is -2.04. The van der Waals surface area contributed by atoms with Crippen LogP contribution in [0.25, 0.3) is 22.8 Å². The molecule has 0 aliphatic rings. The van der Waals surface area contributed by atoms with Crippen molar-refractivity contribution in [2.24, 2.45) is 5.73 Å². The highest BCUT2D eigenvalue weighted by Crippen LogP contribution is 2.32. The molecule has 0 amide bonds. The third-order valence-corrected chi connectivity index (χ3v) is 3.31. The topological polar surface area (TPSA) is 64.9 Å². The monoisotopic (exact) mass is 319 g/mol. The summed E-state index contributed by atoms with van der Waals surface area (Å²) in [4.78, 5) is 4.15. The summed E-state index contributed by atoms with van der Waals surface area (Å²) in [6.07, 6.45) is -4.42. The van der Waals surface area contributed by atoms with E-state index in [9.17, 15) is 13.2 Å². The van der Waals surface area contributed by atoms with Crippen LogP contribution in [0.4, 0.5) is 13.2 Å². The summed E-state index contributed by atoms with van der Waals surface area (Å²) in [5, 5.41) is 3.75. The number of rotatable bonds is 3. The minimum atomic E-state index is -4.42. The van der Waals surface area contributed by atoms with E-state index in [1.54, 1.807) is 12.1 Å². The van der Waals surface area contributed by atoms with Gasteiger partial charge in [-0.05, 0) is 29.8 Å². The molecule has 4 nitrogen and oxygen atoms in total. The van der Waals surface area contributed by atoms with E-state index in [4.69, 9.17) is 10.3 Å². The molecule has 0 unspecified atom stereocenters. The Kier molecular flexibility index (Phi) is 3.87. The summed E-state index contributed by atoms with van der Waals surface area (Å²) in [6.45, 7) is 0.416. The number of hydrogen-bond donors (Lipinski definition) is 1. The van der Waals surface area contributed by atoms with Crippen LogP contribution in [0.15, 0.2) is 53.1 Å². The van der Waals surface area contributed by atoms with Crippen LogP contribution in [0.3, 0.4) is 0 Å². The minimum Gasteiger partial charge on any atom is -0.334 e. The van der Waals surface area contributed by atoms with E-state index in [0.29, 0.717) is 12.1 Å². The van der Waals surface area contributed by atoms with Crippen molar-refractivity contribution in [3.63, 3.8) is 0 Å². The summed E-state index contributed by atoms with van der Waals surface area (Å²) in [7, 11) is 0. The Labute approximate surface area is 129 Å². The van der Waals surface area contributed by atoms with E-state index < -0.39 is 11.7 Å². The lowest BCUT2D eigenvalue weighted by Gasteiger charge is -2.06. The zero-order valence-electron chi connectivity index (χ0n) is 11.8. The van der Waals surface area contributed by atoms with Crippen molar-refractivity contribution in [2.75, 3.05) is 0 Å². The van der Waals surface area contributed by atoms with Crippen LogP contribution >= 0.6 is 0 Å². The Morgan fingerprint density at radius 3 is 2.39 bits per heavy atom. The SMILES string of the molecule is NCc1ccc(-c2nc(-c3cccc(C(F)(F)F)c3)no2)cc1. The smallest absolute Gasteiger partial charge is 0.334 e. The summed E-state index contributed by atoms with van der Waals surface area (Å²) in [5.41, 5.74) is 6.64. The van der Waals surface area contributed by atoms with Crippen LogP contribution in [-0.2, 0) is 12.7 Å². The second-order valence-electron chi connectivity index (χ2n) is 4.90. The lowest BCUT2D eigenvalue weighted by molar-refractivity contribution is -0.137. The quantitative estimate of drug-likeness (QED) is 0.795. The maximum atomic E-state index is 12.8. The largest absolute Gasteiger partial charge is 0.416 e. The highest BCUT2D eigenvalue weighted by atomic mass is 19.4. The number of benzene rings is 2. The summed E-state index contributed by atoms with van der Waals surface area (Å²) in [6, 6.07) is 12.0. The fourth-order valence-electron chi connectivity index (χ4n) is 2.08. The van der Waals surface area contributed by atoms with Gasteiger partial charge in [-0.15, -0.1) is 0 Å². The highest BCUT2D eigenvalue weighted by Gasteiger charge is 2.30. The maximum absolute atomic E-state index is 12.8. The molecule has 0 saturated heterocycles. The average Bonchev–Trinajstić information content (AvgIpc) is 3.04. The number of alkyl halides is 3. The summed E-state index contributed by atoms with van der Waals surface area (Å²) < 4.78 is 43.4. The highest BCUT2D eigenvalue weighted by molar-refractivity contribution is 5.60. The molecule has 0 radical (unpaired) electrons. The molecule has 0 bridgehead atoms. The molecule has 0 aliphatic carbocycles. The molecule has 2 N–H and O–H groups in total. The molecule has 0 atom stereocenters. The van der Waals surface area contributed by atoms with Crippen molar-refractivity contribution in [1.29, 1.82) is 0 Å². The maximum Gasteiger partial charge on any atom is 0.416 e. The van der Waals surface area contributed by atoms with Gasteiger partial charge in [-0.1, -0.05) is 29.4 Å². The Balaban J connectivity index is 1.92. The molecule has 7 heteroatoms. The lowest BCUT2D eigenvalue weighted by atomic mass is 10.1. The Morgan fingerprint density at radius 1 is 1.00 bits per heavy atom. The van der Waals surface area contributed by atoms with Crippen LogP contribution in [-0.4, -0.2) is 10.1 Å². The molecule has 1 heterocycles. The van der Waals surface area contributed by atoms with Gasteiger partial charge in [0.15, 0.2) is 0 Å². The average molecular weight is 319 g/mol. The van der Waals surface area contributed by atoms with E-state index in [1.165, 1.54) is 12.1 Å². The molecule has 0 spiro atoms. The van der Waals surface area contributed by atoms with Gasteiger partial charge in [0.05, 0.1) is 5.56 Å². The molecule has 0 saturated carbocycles. The van der Waals surface area contributed by atoms with Crippen molar-refractivity contribution in [3.05, 3.63) is 59.7 Å². The van der Waals surface area contributed by atoms with Crippen LogP contribution in [0.2, 0.25) is 0 Å². The first-order valence-corrected chi connectivity index (χ1v) is 6.78. The fraction of sp³-hybridized carbons (Fsp3) is 0.125. The van der Waals surface area contributed by atoms with Gasteiger partial charge in [-0.3, -0.25) is 0 Å². The van der Waals surface area contributed by atoms with Crippen molar-refractivity contribution in [1.82, 2.24) is 10.1 Å². The first-order valence-electron chi connectivity index (χ1n) is 6.78. The van der Waals surface area contributed by atoms with Gasteiger partial charge in [-0.25, -0.2) is 0 Å². The van der Waals surface area contributed by atoms with Crippen LogP contribution in [0.5, 0.6) is 0 Å². The predicted molar refractivity (Wildman–Crippen MR) is 78.1 cm³/mol. The van der Waals surface area contributed by atoms with Gasteiger partial charge in [-0.2, -0.15) is 18.2 Å².